The van der Waals surface area contributed by atoms with Gasteiger partial charge in [0.15, 0.2) is 0 Å². The number of benzene rings is 2. The molecule has 0 radical (unpaired) electrons. The lowest BCUT2D eigenvalue weighted by molar-refractivity contribution is 0.569. The third kappa shape index (κ3) is 10.2. The van der Waals surface area contributed by atoms with Crippen LogP contribution in [0.1, 0.15) is 58.8 Å². The van der Waals surface area contributed by atoms with E-state index in [1.807, 2.05) is 12.1 Å². The molecule has 1 nitrogen and oxygen atoms in total. The monoisotopic (exact) mass is 325 g/mol. The molecule has 0 saturated carbocycles. The molecule has 0 aromatic heterocycles. The summed E-state index contributed by atoms with van der Waals surface area (Å²) in [6.45, 7) is 6.77. The van der Waals surface area contributed by atoms with Gasteiger partial charge in [-0.15, -0.1) is 0 Å². The molecular weight excluding hydrogens is 290 g/mol. The Hall–Kier alpha value is -1.60. The Balaban J connectivity index is 0.000000240. The molecule has 0 heterocycles. The molecule has 0 aliphatic heterocycles. The van der Waals surface area contributed by atoms with Gasteiger partial charge in [0.1, 0.15) is 0 Å². The first-order valence-corrected chi connectivity index (χ1v) is 9.69. The normalized spacial score (nSPS) is 10.1. The minimum atomic E-state index is 1.12. The molecule has 2 aromatic rings. The summed E-state index contributed by atoms with van der Waals surface area (Å²) in [5.74, 6) is 0. The summed E-state index contributed by atoms with van der Waals surface area (Å²) in [6, 6.07) is 20.8. The number of rotatable bonds is 10. The highest BCUT2D eigenvalue weighted by Gasteiger charge is 1.92. The minimum Gasteiger partial charge on any atom is -0.317 e. The Morgan fingerprint density at radius 1 is 0.583 bits per heavy atom. The van der Waals surface area contributed by atoms with E-state index >= 15 is 0 Å². The van der Waals surface area contributed by atoms with Crippen molar-refractivity contribution in [3.05, 3.63) is 60.7 Å². The van der Waals surface area contributed by atoms with Crippen molar-refractivity contribution in [2.45, 2.75) is 58.8 Å². The lowest BCUT2D eigenvalue weighted by atomic mass is 10.1. The van der Waals surface area contributed by atoms with Gasteiger partial charge in [0, 0.05) is 0 Å². The van der Waals surface area contributed by atoms with Crippen molar-refractivity contribution in [2.24, 2.45) is 0 Å². The van der Waals surface area contributed by atoms with Crippen LogP contribution in [-0.4, -0.2) is 13.1 Å². The van der Waals surface area contributed by atoms with Crippen molar-refractivity contribution < 1.29 is 0 Å². The van der Waals surface area contributed by atoms with E-state index in [1.165, 1.54) is 62.6 Å². The van der Waals surface area contributed by atoms with Crippen molar-refractivity contribution in [2.75, 3.05) is 13.1 Å². The molecule has 2 rings (SSSR count). The molecule has 0 fully saturated rings. The molecule has 2 aromatic carbocycles. The maximum absolute atomic E-state index is 3.35. The molecule has 1 N–H and O–H groups in total. The fraction of sp³-hybridized carbons (Fsp3) is 0.478. The van der Waals surface area contributed by atoms with Gasteiger partial charge < -0.3 is 5.32 Å². The summed E-state index contributed by atoms with van der Waals surface area (Å²) < 4.78 is 0. The van der Waals surface area contributed by atoms with E-state index in [0.717, 1.165) is 6.54 Å². The van der Waals surface area contributed by atoms with Crippen molar-refractivity contribution in [3.8, 4) is 11.1 Å². The summed E-state index contributed by atoms with van der Waals surface area (Å²) in [6.07, 6.45) is 9.88. The van der Waals surface area contributed by atoms with Crippen molar-refractivity contribution in [1.29, 1.82) is 0 Å². The van der Waals surface area contributed by atoms with Crippen LogP contribution in [0.25, 0.3) is 11.1 Å². The van der Waals surface area contributed by atoms with Crippen LogP contribution in [0.3, 0.4) is 0 Å². The van der Waals surface area contributed by atoms with Gasteiger partial charge in [0.25, 0.3) is 0 Å². The smallest absolute Gasteiger partial charge is 0.00490 e. The first kappa shape index (κ1) is 20.4. The molecule has 132 valence electrons. The van der Waals surface area contributed by atoms with E-state index in [9.17, 15) is 0 Å². The summed E-state index contributed by atoms with van der Waals surface area (Å²) in [5, 5.41) is 3.35. The van der Waals surface area contributed by atoms with E-state index in [2.05, 4.69) is 67.7 Å². The average molecular weight is 326 g/mol. The van der Waals surface area contributed by atoms with Crippen LogP contribution in [0.4, 0.5) is 0 Å². The molecule has 0 spiro atoms. The van der Waals surface area contributed by atoms with Crippen LogP contribution < -0.4 is 5.32 Å². The summed E-state index contributed by atoms with van der Waals surface area (Å²) >= 11 is 0. The molecule has 0 unspecified atom stereocenters. The van der Waals surface area contributed by atoms with Gasteiger partial charge >= 0.3 is 0 Å². The Morgan fingerprint density at radius 3 is 1.50 bits per heavy atom. The van der Waals surface area contributed by atoms with Crippen LogP contribution >= 0.6 is 0 Å². The molecule has 0 aliphatic carbocycles. The second-order valence-corrected chi connectivity index (χ2v) is 6.21. The number of nitrogens with one attached hydrogen (secondary N) is 1. The van der Waals surface area contributed by atoms with Crippen LogP contribution in [0.2, 0.25) is 0 Å². The zero-order valence-electron chi connectivity index (χ0n) is 15.6. The molecule has 1 heteroatoms. The van der Waals surface area contributed by atoms with E-state index in [1.54, 1.807) is 0 Å². The van der Waals surface area contributed by atoms with Crippen LogP contribution in [-0.2, 0) is 0 Å². The predicted octanol–water partition coefficient (Wildman–Crippen LogP) is 6.70. The zero-order chi connectivity index (χ0) is 17.3. The third-order valence-electron chi connectivity index (χ3n) is 4.09. The lowest BCUT2D eigenvalue weighted by Crippen LogP contribution is -2.13. The van der Waals surface area contributed by atoms with Gasteiger partial charge in [0.05, 0.1) is 0 Å². The van der Waals surface area contributed by atoms with Gasteiger partial charge in [-0.3, -0.25) is 0 Å². The van der Waals surface area contributed by atoms with E-state index in [-0.39, 0.29) is 0 Å². The summed E-state index contributed by atoms with van der Waals surface area (Å²) in [5.41, 5.74) is 2.55. The topological polar surface area (TPSA) is 12.0 Å². The molecule has 0 atom stereocenters. The van der Waals surface area contributed by atoms with E-state index in [4.69, 9.17) is 0 Å². The average Bonchev–Trinajstić information content (AvgIpc) is 2.66. The second kappa shape index (κ2) is 15.0. The van der Waals surface area contributed by atoms with Crippen molar-refractivity contribution in [3.63, 3.8) is 0 Å². The van der Waals surface area contributed by atoms with Gasteiger partial charge in [-0.2, -0.15) is 0 Å². The molecule has 24 heavy (non-hydrogen) atoms. The largest absolute Gasteiger partial charge is 0.317 e. The van der Waals surface area contributed by atoms with Crippen LogP contribution in [0.15, 0.2) is 60.7 Å². The standard InChI is InChI=1S/C12H10.C11H25N/c1-3-7-11(8-4-1)12-9-5-2-6-10-12;1-3-5-6-7-8-9-10-11-12-4-2/h1-10H;12H,3-11H2,1-2H3. The zero-order valence-corrected chi connectivity index (χ0v) is 15.6. The maximum atomic E-state index is 3.35. The highest BCUT2D eigenvalue weighted by atomic mass is 14.8. The molecule has 0 bridgehead atoms. The van der Waals surface area contributed by atoms with Gasteiger partial charge in [-0.1, -0.05) is 113 Å². The van der Waals surface area contributed by atoms with Gasteiger partial charge in [-0.05, 0) is 30.6 Å². The summed E-state index contributed by atoms with van der Waals surface area (Å²) in [7, 11) is 0. The molecular formula is C23H35N. The Bertz CT molecular complexity index is 430. The quantitative estimate of drug-likeness (QED) is 0.479. The molecule has 0 aliphatic rings. The van der Waals surface area contributed by atoms with Crippen molar-refractivity contribution in [1.82, 2.24) is 5.32 Å². The highest BCUT2D eigenvalue weighted by molar-refractivity contribution is 5.62. The number of hydrogen-bond donors (Lipinski definition) is 1. The highest BCUT2D eigenvalue weighted by Crippen LogP contribution is 2.17. The Morgan fingerprint density at radius 2 is 1.04 bits per heavy atom. The Labute approximate surface area is 149 Å². The van der Waals surface area contributed by atoms with E-state index < -0.39 is 0 Å². The van der Waals surface area contributed by atoms with Gasteiger partial charge in [0.2, 0.25) is 0 Å². The van der Waals surface area contributed by atoms with Crippen molar-refractivity contribution >= 4 is 0 Å². The maximum Gasteiger partial charge on any atom is -0.00490 e. The first-order valence-electron chi connectivity index (χ1n) is 9.69. The molecule has 0 amide bonds. The fourth-order valence-electron chi connectivity index (χ4n) is 2.65. The predicted molar refractivity (Wildman–Crippen MR) is 108 cm³/mol. The number of unbranched alkanes of at least 4 members (excludes halogenated alkanes) is 6. The lowest BCUT2D eigenvalue weighted by Gasteiger charge is -2.01. The minimum absolute atomic E-state index is 1.12. The molecule has 0 saturated heterocycles. The number of hydrogen-bond acceptors (Lipinski definition) is 1. The van der Waals surface area contributed by atoms with Crippen LogP contribution in [0, 0.1) is 0 Å². The second-order valence-electron chi connectivity index (χ2n) is 6.21. The Kier molecular flexibility index (Phi) is 12.7. The third-order valence-corrected chi connectivity index (χ3v) is 4.09. The summed E-state index contributed by atoms with van der Waals surface area (Å²) in [4.78, 5) is 0. The van der Waals surface area contributed by atoms with Gasteiger partial charge in [-0.25, -0.2) is 0 Å². The van der Waals surface area contributed by atoms with Crippen LogP contribution in [0.5, 0.6) is 0 Å². The van der Waals surface area contributed by atoms with E-state index in [0.29, 0.717) is 0 Å². The first-order chi connectivity index (χ1) is 11.9. The fourth-order valence-corrected chi connectivity index (χ4v) is 2.65. The SMILES string of the molecule is CCCCCCCCCNCC.c1ccc(-c2ccccc2)cc1.